The number of hydrogen-bond donors (Lipinski definition) is 1. The van der Waals surface area contributed by atoms with E-state index in [1.807, 2.05) is 13.8 Å². The quantitative estimate of drug-likeness (QED) is 0.545. The lowest BCUT2D eigenvalue weighted by Crippen LogP contribution is -1.81. The van der Waals surface area contributed by atoms with Gasteiger partial charge in [0.05, 0.1) is 0 Å². The van der Waals surface area contributed by atoms with E-state index in [1.165, 1.54) is 6.21 Å². The lowest BCUT2D eigenvalue weighted by Gasteiger charge is -1.82. The number of nitrogens with one attached hydrogen (secondary N) is 1. The van der Waals surface area contributed by atoms with Crippen LogP contribution in [0.3, 0.4) is 0 Å². The zero-order valence-electron chi connectivity index (χ0n) is 4.47. The fourth-order valence-corrected chi connectivity index (χ4v) is 0. The molecule has 0 aliphatic heterocycles. The predicted molar refractivity (Wildman–Crippen MR) is 38.1 cm³/mol. The molecule has 0 saturated heterocycles. The molecule has 0 unspecified atom stereocenters. The van der Waals surface area contributed by atoms with Gasteiger partial charge in [-0.2, -0.15) is 0 Å². The van der Waals surface area contributed by atoms with Crippen molar-refractivity contribution in [3.63, 3.8) is 0 Å². The molecule has 46 valence electrons. The van der Waals surface area contributed by atoms with Crippen LogP contribution in [0.4, 0.5) is 0 Å². The van der Waals surface area contributed by atoms with Crippen molar-refractivity contribution in [3.8, 4) is 0 Å². The number of halogens is 2. The first kappa shape index (κ1) is 15.7. The first-order chi connectivity index (χ1) is 2.27. The second kappa shape index (κ2) is 9.54. The summed E-state index contributed by atoms with van der Waals surface area (Å²) in [5, 5.41) is 6.53. The van der Waals surface area contributed by atoms with Gasteiger partial charge in [-0.05, 0) is 12.1 Å². The van der Waals surface area contributed by atoms with E-state index in [0.717, 1.165) is 0 Å². The van der Waals surface area contributed by atoms with Crippen LogP contribution in [0.2, 0.25) is 0 Å². The summed E-state index contributed by atoms with van der Waals surface area (Å²) in [6.07, 6.45) is 1.42. The Bertz CT molecular complexity index is 36.7. The van der Waals surface area contributed by atoms with Crippen LogP contribution in [0.25, 0.3) is 0 Å². The van der Waals surface area contributed by atoms with Gasteiger partial charge in [0.15, 0.2) is 0 Å². The maximum atomic E-state index is 6.53. The maximum absolute atomic E-state index is 6.53. The minimum Gasteiger partial charge on any atom is -0.313 e. The van der Waals surface area contributed by atoms with Gasteiger partial charge in [0, 0.05) is 0 Å². The van der Waals surface area contributed by atoms with Gasteiger partial charge < -0.3 is 5.41 Å². The van der Waals surface area contributed by atoms with Crippen molar-refractivity contribution in [3.05, 3.63) is 0 Å². The van der Waals surface area contributed by atoms with Gasteiger partial charge in [-0.15, -0.1) is 24.8 Å². The smallest absolute Gasteiger partial charge is 0.00223 e. The van der Waals surface area contributed by atoms with Gasteiger partial charge in [0.1, 0.15) is 0 Å². The van der Waals surface area contributed by atoms with Crippen molar-refractivity contribution in [2.24, 2.45) is 5.92 Å². The Kier molecular flexibility index (Phi) is 21.4. The van der Waals surface area contributed by atoms with Crippen LogP contribution in [-0.4, -0.2) is 6.21 Å². The van der Waals surface area contributed by atoms with Crippen LogP contribution in [-0.2, 0) is 0 Å². The molecule has 0 saturated carbocycles. The Morgan fingerprint density at radius 3 is 1.43 bits per heavy atom. The van der Waals surface area contributed by atoms with Gasteiger partial charge in [-0.25, -0.2) is 0 Å². The van der Waals surface area contributed by atoms with Crippen LogP contribution >= 0.6 is 24.8 Å². The molecule has 0 rings (SSSR count). The van der Waals surface area contributed by atoms with Crippen molar-refractivity contribution >= 4 is 31.0 Å². The van der Waals surface area contributed by atoms with E-state index in [2.05, 4.69) is 0 Å². The standard InChI is InChI=1S/C4H9N.2ClH/c1-4(2)3-5;;/h3-5H,1-2H3;2*1H. The zero-order chi connectivity index (χ0) is 4.28. The molecule has 1 nitrogen and oxygen atoms in total. The highest BCUT2D eigenvalue weighted by molar-refractivity contribution is 5.85. The Morgan fingerprint density at radius 1 is 1.29 bits per heavy atom. The van der Waals surface area contributed by atoms with E-state index in [1.54, 1.807) is 0 Å². The lowest BCUT2D eigenvalue weighted by molar-refractivity contribution is 0.902. The molecule has 0 heterocycles. The largest absolute Gasteiger partial charge is 0.313 e. The monoisotopic (exact) mass is 143 g/mol. The molecule has 0 radical (unpaired) electrons. The molecule has 1 N–H and O–H groups in total. The summed E-state index contributed by atoms with van der Waals surface area (Å²) >= 11 is 0. The van der Waals surface area contributed by atoms with E-state index >= 15 is 0 Å². The van der Waals surface area contributed by atoms with Gasteiger partial charge in [0.2, 0.25) is 0 Å². The van der Waals surface area contributed by atoms with Crippen molar-refractivity contribution < 1.29 is 0 Å². The van der Waals surface area contributed by atoms with Crippen molar-refractivity contribution in [1.82, 2.24) is 0 Å². The fraction of sp³-hybridized carbons (Fsp3) is 0.750. The summed E-state index contributed by atoms with van der Waals surface area (Å²) < 4.78 is 0. The highest BCUT2D eigenvalue weighted by Crippen LogP contribution is 1.79. The second-order valence-corrected chi connectivity index (χ2v) is 1.41. The molecule has 3 heteroatoms. The molecular formula is C4H11Cl2N. The molecule has 0 spiro atoms. The van der Waals surface area contributed by atoms with E-state index in [9.17, 15) is 0 Å². The summed E-state index contributed by atoms with van der Waals surface area (Å²) in [7, 11) is 0. The molecule has 0 aromatic rings. The van der Waals surface area contributed by atoms with Crippen LogP contribution in [0.5, 0.6) is 0 Å². The van der Waals surface area contributed by atoms with Gasteiger partial charge in [-0.1, -0.05) is 13.8 Å². The molecule has 0 fully saturated rings. The van der Waals surface area contributed by atoms with E-state index in [-0.39, 0.29) is 24.8 Å². The molecule has 0 aromatic carbocycles. The normalized spacial score (nSPS) is 6.14. The third kappa shape index (κ3) is 22.3. The van der Waals surface area contributed by atoms with Crippen molar-refractivity contribution in [1.29, 1.82) is 5.41 Å². The van der Waals surface area contributed by atoms with Crippen LogP contribution in [0, 0.1) is 11.3 Å². The van der Waals surface area contributed by atoms with Crippen LogP contribution < -0.4 is 0 Å². The fourth-order valence-electron chi connectivity index (χ4n) is 0. The topological polar surface area (TPSA) is 23.9 Å². The van der Waals surface area contributed by atoms with Gasteiger partial charge in [-0.3, -0.25) is 0 Å². The van der Waals surface area contributed by atoms with Gasteiger partial charge in [0.25, 0.3) is 0 Å². The molecule has 0 amide bonds. The SMILES string of the molecule is CC(C)C=N.Cl.Cl. The molecule has 7 heavy (non-hydrogen) atoms. The molecule has 0 aliphatic rings. The molecule has 0 bridgehead atoms. The third-order valence-corrected chi connectivity index (χ3v) is 0.333. The minimum absolute atomic E-state index is 0. The second-order valence-electron chi connectivity index (χ2n) is 1.41. The average molecular weight is 144 g/mol. The Morgan fingerprint density at radius 2 is 1.43 bits per heavy atom. The van der Waals surface area contributed by atoms with E-state index < -0.39 is 0 Å². The summed E-state index contributed by atoms with van der Waals surface area (Å²) in [5.74, 6) is 0.426. The average Bonchev–Trinajstić information content (AvgIpc) is 1.38. The molecule has 0 aromatic heterocycles. The number of hydrogen-bond acceptors (Lipinski definition) is 1. The van der Waals surface area contributed by atoms with Crippen LogP contribution in [0.1, 0.15) is 13.8 Å². The van der Waals surface area contributed by atoms with Crippen molar-refractivity contribution in [2.45, 2.75) is 13.8 Å². The summed E-state index contributed by atoms with van der Waals surface area (Å²) in [4.78, 5) is 0. The summed E-state index contributed by atoms with van der Waals surface area (Å²) in [6.45, 7) is 3.96. The maximum Gasteiger partial charge on any atom is -0.00223 e. The Hall–Kier alpha value is 0.250. The van der Waals surface area contributed by atoms with Gasteiger partial charge >= 0.3 is 0 Å². The first-order valence-electron chi connectivity index (χ1n) is 1.78. The van der Waals surface area contributed by atoms with E-state index in [4.69, 9.17) is 5.41 Å². The Labute approximate surface area is 56.8 Å². The number of rotatable bonds is 1. The van der Waals surface area contributed by atoms with Crippen LogP contribution in [0.15, 0.2) is 0 Å². The summed E-state index contributed by atoms with van der Waals surface area (Å²) in [6, 6.07) is 0. The zero-order valence-corrected chi connectivity index (χ0v) is 6.10. The third-order valence-electron chi connectivity index (χ3n) is 0.333. The highest BCUT2D eigenvalue weighted by Gasteiger charge is 1.75. The molecule has 0 aliphatic carbocycles. The summed E-state index contributed by atoms with van der Waals surface area (Å²) in [5.41, 5.74) is 0. The first-order valence-corrected chi connectivity index (χ1v) is 1.78. The Balaban J connectivity index is -0.0000000800. The van der Waals surface area contributed by atoms with E-state index in [0.29, 0.717) is 5.92 Å². The minimum atomic E-state index is 0. The lowest BCUT2D eigenvalue weighted by atomic mass is 10.3. The van der Waals surface area contributed by atoms with Crippen molar-refractivity contribution in [2.75, 3.05) is 0 Å². The molecular weight excluding hydrogens is 133 g/mol. The molecule has 0 atom stereocenters. The predicted octanol–water partition coefficient (Wildman–Crippen LogP) is 2.14. The highest BCUT2D eigenvalue weighted by atomic mass is 35.5.